The number of aryl methyl sites for hydroxylation is 1. The second-order valence-electron chi connectivity index (χ2n) is 9.54. The van der Waals surface area contributed by atoms with Crippen molar-refractivity contribution in [2.45, 2.75) is 72.5 Å². The van der Waals surface area contributed by atoms with E-state index in [1.807, 2.05) is 0 Å². The summed E-state index contributed by atoms with van der Waals surface area (Å²) in [5.74, 6) is 0. The van der Waals surface area contributed by atoms with Gasteiger partial charge in [-0.15, -0.1) is 0 Å². The third-order valence-electron chi connectivity index (χ3n) is 6.39. The Hall–Kier alpha value is -2.22. The Kier molecular flexibility index (Phi) is 4.99. The zero-order valence-corrected chi connectivity index (χ0v) is 18.1. The molecule has 0 spiro atoms. The highest BCUT2D eigenvalue weighted by atomic mass is 15.4. The first-order valence-electron chi connectivity index (χ1n) is 10.8. The highest BCUT2D eigenvalue weighted by molar-refractivity contribution is 5.77. The number of hydrogen-bond donors (Lipinski definition) is 0. The van der Waals surface area contributed by atoms with E-state index in [0.717, 1.165) is 0 Å². The molecule has 4 rings (SSSR count). The molecule has 2 aromatic rings. The molecule has 0 aromatic heterocycles. The lowest BCUT2D eigenvalue weighted by atomic mass is 9.89. The first-order chi connectivity index (χ1) is 13.4. The number of benzene rings is 2. The van der Waals surface area contributed by atoms with Crippen LogP contribution < -0.4 is 4.90 Å². The molecule has 148 valence electrons. The Labute approximate surface area is 170 Å². The van der Waals surface area contributed by atoms with Crippen LogP contribution in [0.2, 0.25) is 0 Å². The zero-order valence-electron chi connectivity index (χ0n) is 18.1. The van der Waals surface area contributed by atoms with E-state index in [1.165, 1.54) is 53.9 Å². The molecule has 0 amide bonds. The van der Waals surface area contributed by atoms with Crippen LogP contribution in [0.15, 0.2) is 60.3 Å². The van der Waals surface area contributed by atoms with Crippen molar-refractivity contribution in [1.29, 1.82) is 0 Å². The van der Waals surface area contributed by atoms with Crippen molar-refractivity contribution >= 4 is 11.4 Å². The van der Waals surface area contributed by atoms with Crippen LogP contribution in [0.25, 0.3) is 5.70 Å². The molecular formula is C26H34N2. The van der Waals surface area contributed by atoms with Crippen molar-refractivity contribution in [3.05, 3.63) is 71.4 Å². The molecule has 1 saturated carbocycles. The van der Waals surface area contributed by atoms with Gasteiger partial charge >= 0.3 is 0 Å². The predicted octanol–water partition coefficient (Wildman–Crippen LogP) is 6.82. The van der Waals surface area contributed by atoms with Gasteiger partial charge in [0.05, 0.1) is 5.70 Å². The maximum absolute atomic E-state index is 2.78. The fraction of sp³-hybridized carbons (Fsp3) is 0.462. The largest absolute Gasteiger partial charge is 0.345 e. The van der Waals surface area contributed by atoms with Crippen LogP contribution in [0, 0.1) is 12.3 Å². The van der Waals surface area contributed by atoms with Crippen LogP contribution in [0.4, 0.5) is 5.69 Å². The van der Waals surface area contributed by atoms with E-state index in [1.54, 1.807) is 0 Å². The Morgan fingerprint density at radius 1 is 0.821 bits per heavy atom. The fourth-order valence-corrected chi connectivity index (χ4v) is 5.20. The molecule has 0 bridgehead atoms. The molecule has 0 N–H and O–H groups in total. The lowest BCUT2D eigenvalue weighted by Crippen LogP contribution is -2.52. The zero-order chi connectivity index (χ0) is 19.9. The van der Waals surface area contributed by atoms with E-state index in [-0.39, 0.29) is 5.41 Å². The molecule has 1 fully saturated rings. The Balaban J connectivity index is 1.93. The van der Waals surface area contributed by atoms with E-state index in [4.69, 9.17) is 0 Å². The van der Waals surface area contributed by atoms with Gasteiger partial charge in [0, 0.05) is 22.8 Å². The summed E-state index contributed by atoms with van der Waals surface area (Å²) in [5, 5.41) is 0. The summed E-state index contributed by atoms with van der Waals surface area (Å²) in [4.78, 5) is 5.40. The molecule has 0 radical (unpaired) electrons. The third kappa shape index (κ3) is 3.23. The number of anilines is 1. The van der Waals surface area contributed by atoms with Gasteiger partial charge in [0.25, 0.3) is 0 Å². The highest BCUT2D eigenvalue weighted by Gasteiger charge is 2.47. The molecule has 1 aliphatic carbocycles. The summed E-state index contributed by atoms with van der Waals surface area (Å²) in [6.07, 6.45) is 5.63. The predicted molar refractivity (Wildman–Crippen MR) is 120 cm³/mol. The monoisotopic (exact) mass is 374 g/mol. The molecule has 1 heterocycles. The molecule has 0 saturated heterocycles. The molecule has 1 atom stereocenters. The molecule has 28 heavy (non-hydrogen) atoms. The van der Waals surface area contributed by atoms with Gasteiger partial charge in [0.15, 0.2) is 0 Å². The first-order valence-corrected chi connectivity index (χ1v) is 10.8. The third-order valence-corrected chi connectivity index (χ3v) is 6.39. The number of para-hydroxylation sites is 1. The van der Waals surface area contributed by atoms with Crippen molar-refractivity contribution in [3.63, 3.8) is 0 Å². The topological polar surface area (TPSA) is 6.48 Å². The minimum absolute atomic E-state index is 0.128. The summed E-state index contributed by atoms with van der Waals surface area (Å²) in [6.45, 7) is 11.7. The van der Waals surface area contributed by atoms with Crippen LogP contribution in [-0.2, 0) is 0 Å². The van der Waals surface area contributed by atoms with E-state index in [0.29, 0.717) is 12.2 Å². The fourth-order valence-electron chi connectivity index (χ4n) is 5.20. The Morgan fingerprint density at radius 2 is 1.43 bits per heavy atom. The second-order valence-corrected chi connectivity index (χ2v) is 9.54. The number of nitrogens with zero attached hydrogens (tertiary/aromatic N) is 2. The van der Waals surface area contributed by atoms with Crippen LogP contribution in [0.5, 0.6) is 0 Å². The average Bonchev–Trinajstić information content (AvgIpc) is 3.28. The molecule has 2 aromatic carbocycles. The van der Waals surface area contributed by atoms with Gasteiger partial charge in [-0.3, -0.25) is 0 Å². The minimum atomic E-state index is 0.128. The van der Waals surface area contributed by atoms with Crippen LogP contribution in [0.1, 0.15) is 64.5 Å². The summed E-state index contributed by atoms with van der Waals surface area (Å²) < 4.78 is 0. The molecule has 2 aliphatic rings. The second kappa shape index (κ2) is 7.31. The van der Waals surface area contributed by atoms with Gasteiger partial charge < -0.3 is 9.80 Å². The van der Waals surface area contributed by atoms with Gasteiger partial charge in [-0.1, -0.05) is 82.1 Å². The summed E-state index contributed by atoms with van der Waals surface area (Å²) in [7, 11) is 0. The van der Waals surface area contributed by atoms with Gasteiger partial charge in [-0.2, -0.15) is 0 Å². The van der Waals surface area contributed by atoms with Gasteiger partial charge in [0.1, 0.15) is 6.17 Å². The average molecular weight is 375 g/mol. The molecule has 2 nitrogen and oxygen atoms in total. The Bertz CT molecular complexity index is 854. The highest BCUT2D eigenvalue weighted by Crippen LogP contribution is 2.48. The van der Waals surface area contributed by atoms with E-state index in [9.17, 15) is 0 Å². The quantitative estimate of drug-likeness (QED) is 0.581. The van der Waals surface area contributed by atoms with Crippen LogP contribution in [-0.4, -0.2) is 17.1 Å². The molecule has 2 heteroatoms. The number of rotatable bonds is 3. The minimum Gasteiger partial charge on any atom is -0.345 e. The summed E-state index contributed by atoms with van der Waals surface area (Å²) >= 11 is 0. The van der Waals surface area contributed by atoms with Gasteiger partial charge in [0.2, 0.25) is 0 Å². The standard InChI is InChI=1S/C26H34N2/c1-19-13-9-12-18-23(19)27-20(2)24(21-14-7-6-8-15-21)28(22-16-10-11-17-22)25(27)26(3,4)5/h6-9,12-15,18,22,25H,10-11,16-17H2,1-5H3. The number of hydrogen-bond acceptors (Lipinski definition) is 2. The normalized spacial score (nSPS) is 21.1. The SMILES string of the molecule is CC1=C(c2ccccc2)N(C2CCCC2)C(C(C)(C)C)N1c1ccccc1C. The van der Waals surface area contributed by atoms with E-state index in [2.05, 4.69) is 99.0 Å². The molecular weight excluding hydrogens is 340 g/mol. The van der Waals surface area contributed by atoms with Crippen molar-refractivity contribution in [3.8, 4) is 0 Å². The maximum Gasteiger partial charge on any atom is 0.111 e. The number of allylic oxidation sites excluding steroid dienone is 1. The van der Waals surface area contributed by atoms with E-state index >= 15 is 0 Å². The van der Waals surface area contributed by atoms with E-state index < -0.39 is 0 Å². The van der Waals surface area contributed by atoms with Crippen molar-refractivity contribution in [1.82, 2.24) is 4.90 Å². The smallest absolute Gasteiger partial charge is 0.111 e. The Morgan fingerprint density at radius 3 is 2.04 bits per heavy atom. The van der Waals surface area contributed by atoms with Gasteiger partial charge in [-0.25, -0.2) is 0 Å². The van der Waals surface area contributed by atoms with Crippen molar-refractivity contribution in [2.75, 3.05) is 4.90 Å². The lowest BCUT2D eigenvalue weighted by molar-refractivity contribution is 0.134. The molecule has 1 aliphatic heterocycles. The van der Waals surface area contributed by atoms with Gasteiger partial charge in [-0.05, 0) is 43.9 Å². The van der Waals surface area contributed by atoms with Crippen LogP contribution in [0.3, 0.4) is 0 Å². The van der Waals surface area contributed by atoms with Crippen LogP contribution >= 0.6 is 0 Å². The first kappa shape index (κ1) is 19.1. The van der Waals surface area contributed by atoms with Crippen molar-refractivity contribution < 1.29 is 0 Å². The summed E-state index contributed by atoms with van der Waals surface area (Å²) in [5.41, 5.74) is 6.97. The van der Waals surface area contributed by atoms with Crippen molar-refractivity contribution in [2.24, 2.45) is 5.41 Å². The maximum atomic E-state index is 2.78. The molecule has 1 unspecified atom stereocenters. The lowest BCUT2D eigenvalue weighted by Gasteiger charge is -2.46. The summed E-state index contributed by atoms with van der Waals surface area (Å²) in [6, 6.07) is 20.5.